The van der Waals surface area contributed by atoms with Crippen molar-refractivity contribution in [2.75, 3.05) is 0 Å². The van der Waals surface area contributed by atoms with E-state index in [0.717, 1.165) is 23.3 Å². The minimum absolute atomic E-state index is 0.0125. The highest BCUT2D eigenvalue weighted by atomic mass is 32.2. The molecule has 0 bridgehead atoms. The number of benzene rings is 8. The van der Waals surface area contributed by atoms with Crippen molar-refractivity contribution >= 4 is 65.6 Å². The van der Waals surface area contributed by atoms with Gasteiger partial charge in [-0.15, -0.1) is 23.1 Å². The molecule has 4 unspecified atom stereocenters. The number of hydrogen-bond donors (Lipinski definition) is 1. The zero-order valence-electron chi connectivity index (χ0n) is 37.8. The number of allylic oxidation sites excluding steroid dienone is 1. The fourth-order valence-corrected chi connectivity index (χ4v) is 15.4. The van der Waals surface area contributed by atoms with Crippen LogP contribution in [0.4, 0.5) is 0 Å². The molecule has 8 aromatic carbocycles. The Balaban J connectivity index is 1.10. The van der Waals surface area contributed by atoms with E-state index >= 15 is 0 Å². The topological polar surface area (TPSA) is 43.3 Å². The number of nitrogens with two attached hydrogens (primary N) is 1. The predicted molar refractivity (Wildman–Crippen MR) is 284 cm³/mol. The van der Waals surface area contributed by atoms with Crippen molar-refractivity contribution in [1.29, 1.82) is 0 Å². The van der Waals surface area contributed by atoms with Gasteiger partial charge in [0.1, 0.15) is 6.17 Å². The molecule has 2 N–H and O–H groups in total. The molecule has 0 amide bonds. The van der Waals surface area contributed by atoms with Crippen molar-refractivity contribution in [1.82, 2.24) is 4.57 Å². The predicted octanol–water partition coefficient (Wildman–Crippen LogP) is 16.0. The highest BCUT2D eigenvalue weighted by Gasteiger charge is 2.52. The van der Waals surface area contributed by atoms with Gasteiger partial charge in [-0.1, -0.05) is 190 Å². The molecule has 10 aromatic rings. The van der Waals surface area contributed by atoms with E-state index in [2.05, 4.69) is 231 Å². The van der Waals surface area contributed by atoms with E-state index in [4.69, 9.17) is 10.7 Å². The number of thioether (sulfide) groups is 1. The maximum Gasteiger partial charge on any atom is 0.123 e. The molecule has 324 valence electrons. The Kier molecular flexibility index (Phi) is 9.23. The molecule has 3 nitrogen and oxygen atoms in total. The summed E-state index contributed by atoms with van der Waals surface area (Å²) in [6.45, 7) is 7.28. The van der Waals surface area contributed by atoms with E-state index in [1.165, 1.54) is 86.2 Å². The minimum atomic E-state index is -0.530. The highest BCUT2D eigenvalue weighted by Crippen LogP contribution is 2.66. The molecule has 5 heteroatoms. The van der Waals surface area contributed by atoms with Crippen molar-refractivity contribution in [3.63, 3.8) is 0 Å². The average molecular weight is 900 g/mol. The fourth-order valence-electron chi connectivity index (χ4n) is 12.5. The van der Waals surface area contributed by atoms with E-state index in [9.17, 15) is 0 Å². The summed E-state index contributed by atoms with van der Waals surface area (Å²) in [6.07, 6.45) is 2.89. The van der Waals surface area contributed by atoms with Crippen molar-refractivity contribution in [3.8, 4) is 11.1 Å². The monoisotopic (exact) mass is 899 g/mol. The molecule has 4 atom stereocenters. The Morgan fingerprint density at radius 3 is 2.07 bits per heavy atom. The molecule has 13 rings (SSSR count). The van der Waals surface area contributed by atoms with Crippen LogP contribution < -0.4 is 5.73 Å². The maximum atomic E-state index is 7.10. The molecule has 1 aliphatic heterocycles. The smallest absolute Gasteiger partial charge is 0.123 e. The first-order valence-electron chi connectivity index (χ1n) is 23.5. The van der Waals surface area contributed by atoms with Crippen molar-refractivity contribution < 1.29 is 0 Å². The van der Waals surface area contributed by atoms with Crippen LogP contribution in [0.15, 0.2) is 210 Å². The van der Waals surface area contributed by atoms with Crippen LogP contribution >= 0.6 is 23.1 Å². The lowest BCUT2D eigenvalue weighted by Gasteiger charge is -2.40. The number of aromatic nitrogens is 1. The zero-order chi connectivity index (χ0) is 45.0. The van der Waals surface area contributed by atoms with Crippen LogP contribution in [0.25, 0.3) is 47.9 Å². The SMILES string of the molecule is CC1CC2(C)c3ccccc3SC2c2c1n(C(C)N=C(/C=C(\N)c1ccccc1)c1cccc3c1sc1ccccc13)c1cc(C3(c4ccccc4)c4ccccc4-c4ccccc43)ccc21. The second kappa shape index (κ2) is 15.3. The van der Waals surface area contributed by atoms with Crippen LogP contribution in [0.2, 0.25) is 0 Å². The van der Waals surface area contributed by atoms with Gasteiger partial charge in [0, 0.05) is 58.1 Å². The van der Waals surface area contributed by atoms with Gasteiger partial charge in [-0.05, 0) is 93.6 Å². The standard InChI is InChI=1S/C62H49N3S2/c1-38-37-61(3)51-30-15-17-32-56(51)67-60(61)57-48-34-33-42(62(41-21-8-5-9-22-41)49-28-13-10-23-43(49)44-24-11-14-29-50(44)62)35-54(48)65(58(38)57)39(2)64-53(36-52(63)40-19-6-4-7-20-40)47-27-18-26-46-45-25-12-16-31-55(45)66-59(46)47/h4-36,38-39,60H,37,63H2,1-3H3/b52-36-,64-53?. The summed E-state index contributed by atoms with van der Waals surface area (Å²) < 4.78 is 5.12. The van der Waals surface area contributed by atoms with Crippen LogP contribution in [0.5, 0.6) is 0 Å². The fraction of sp³-hybridized carbons (Fsp3) is 0.145. The molecule has 0 saturated heterocycles. The Morgan fingerprint density at radius 2 is 1.31 bits per heavy atom. The molecule has 2 aliphatic carbocycles. The van der Waals surface area contributed by atoms with Gasteiger partial charge >= 0.3 is 0 Å². The Morgan fingerprint density at radius 1 is 0.672 bits per heavy atom. The summed E-state index contributed by atoms with van der Waals surface area (Å²) in [5.41, 5.74) is 23.5. The first-order valence-corrected chi connectivity index (χ1v) is 25.2. The summed E-state index contributed by atoms with van der Waals surface area (Å²) in [5, 5.41) is 4.09. The molecular formula is C62H49N3S2. The highest BCUT2D eigenvalue weighted by molar-refractivity contribution is 8.00. The van der Waals surface area contributed by atoms with Gasteiger partial charge in [0.2, 0.25) is 0 Å². The normalized spacial score (nSPS) is 19.8. The third-order valence-corrected chi connectivity index (χ3v) is 18.1. The Bertz CT molecular complexity index is 3620. The van der Waals surface area contributed by atoms with Gasteiger partial charge in [0.15, 0.2) is 0 Å². The van der Waals surface area contributed by atoms with Crippen LogP contribution in [0, 0.1) is 0 Å². The number of thiophene rings is 1. The number of aliphatic imine (C=N–C) groups is 1. The van der Waals surface area contributed by atoms with Crippen LogP contribution in [0.3, 0.4) is 0 Å². The zero-order valence-corrected chi connectivity index (χ0v) is 39.4. The van der Waals surface area contributed by atoms with Crippen molar-refractivity contribution in [3.05, 3.63) is 250 Å². The van der Waals surface area contributed by atoms with Gasteiger partial charge in [0.05, 0.1) is 16.6 Å². The summed E-state index contributed by atoms with van der Waals surface area (Å²) in [6, 6.07) is 71.6. The lowest BCUT2D eigenvalue weighted by molar-refractivity contribution is 0.355. The largest absolute Gasteiger partial charge is 0.398 e. The summed E-state index contributed by atoms with van der Waals surface area (Å²) in [7, 11) is 0. The van der Waals surface area contributed by atoms with E-state index in [1.807, 2.05) is 17.4 Å². The van der Waals surface area contributed by atoms with Gasteiger partial charge in [-0.3, -0.25) is 4.99 Å². The van der Waals surface area contributed by atoms with Crippen LogP contribution in [0.1, 0.15) is 94.7 Å². The van der Waals surface area contributed by atoms with Gasteiger partial charge in [-0.2, -0.15) is 0 Å². The second-order valence-corrected chi connectivity index (χ2v) is 21.2. The van der Waals surface area contributed by atoms with Gasteiger partial charge in [0.25, 0.3) is 0 Å². The van der Waals surface area contributed by atoms with Gasteiger partial charge < -0.3 is 10.3 Å². The van der Waals surface area contributed by atoms with Gasteiger partial charge in [-0.25, -0.2) is 0 Å². The van der Waals surface area contributed by atoms with E-state index < -0.39 is 5.41 Å². The van der Waals surface area contributed by atoms with Crippen LogP contribution in [-0.4, -0.2) is 10.3 Å². The molecule has 2 aromatic heterocycles. The molecule has 0 fully saturated rings. The summed E-state index contributed by atoms with van der Waals surface area (Å²) in [5.74, 6) is 0.270. The number of hydrogen-bond acceptors (Lipinski definition) is 4. The Hall–Kier alpha value is -6.92. The van der Waals surface area contributed by atoms with Crippen molar-refractivity contribution in [2.45, 2.75) is 60.3 Å². The van der Waals surface area contributed by atoms with E-state index in [-0.39, 0.29) is 22.7 Å². The molecule has 0 radical (unpaired) electrons. The molecule has 0 spiro atoms. The lowest BCUT2D eigenvalue weighted by Crippen LogP contribution is -2.33. The maximum absolute atomic E-state index is 7.10. The number of fused-ring (bicyclic) bond motifs is 13. The van der Waals surface area contributed by atoms with E-state index in [1.54, 1.807) is 0 Å². The second-order valence-electron chi connectivity index (χ2n) is 19.0. The molecule has 0 saturated carbocycles. The molecular weight excluding hydrogens is 851 g/mol. The third kappa shape index (κ3) is 5.87. The van der Waals surface area contributed by atoms with E-state index in [0.29, 0.717) is 5.70 Å². The summed E-state index contributed by atoms with van der Waals surface area (Å²) in [4.78, 5) is 7.31. The molecule has 3 aliphatic rings. The Labute approximate surface area is 400 Å². The minimum Gasteiger partial charge on any atom is -0.398 e. The first-order chi connectivity index (χ1) is 32.8. The quantitative estimate of drug-likeness (QED) is 0.162. The lowest BCUT2D eigenvalue weighted by atomic mass is 9.66. The molecule has 67 heavy (non-hydrogen) atoms. The first kappa shape index (κ1) is 40.4. The number of nitrogens with zero attached hydrogens (tertiary/aromatic N) is 2. The van der Waals surface area contributed by atoms with Crippen LogP contribution in [-0.2, 0) is 10.8 Å². The molecule has 3 heterocycles. The van der Waals surface area contributed by atoms with Crippen molar-refractivity contribution in [2.24, 2.45) is 10.7 Å². The third-order valence-electron chi connectivity index (χ3n) is 15.2. The summed E-state index contributed by atoms with van der Waals surface area (Å²) >= 11 is 3.89. The number of rotatable bonds is 7. The average Bonchev–Trinajstić information content (AvgIpc) is 4.10.